The van der Waals surface area contributed by atoms with Crippen molar-refractivity contribution in [1.82, 2.24) is 10.2 Å². The molecule has 1 aliphatic rings. The van der Waals surface area contributed by atoms with E-state index in [1.54, 1.807) is 0 Å². The summed E-state index contributed by atoms with van der Waals surface area (Å²) in [6, 6.07) is 30.2. The number of aryl methyl sites for hydroxylation is 1. The van der Waals surface area contributed by atoms with Crippen molar-refractivity contribution in [3.63, 3.8) is 0 Å². The van der Waals surface area contributed by atoms with Crippen molar-refractivity contribution in [2.75, 3.05) is 0 Å². The molecule has 2 atom stereocenters. The average Bonchev–Trinajstić information content (AvgIpc) is 2.98. The highest BCUT2D eigenvalue weighted by Crippen LogP contribution is 2.47. The average molecular weight is 609 g/mol. The van der Waals surface area contributed by atoms with Crippen LogP contribution in [0.15, 0.2) is 84.9 Å². The van der Waals surface area contributed by atoms with Gasteiger partial charge in [0.25, 0.3) is 0 Å². The van der Waals surface area contributed by atoms with E-state index in [9.17, 15) is 0 Å². The van der Waals surface area contributed by atoms with Crippen molar-refractivity contribution >= 4 is 8.32 Å². The van der Waals surface area contributed by atoms with Crippen molar-refractivity contribution in [2.24, 2.45) is 0 Å². The van der Waals surface area contributed by atoms with Crippen LogP contribution >= 0.6 is 0 Å². The van der Waals surface area contributed by atoms with E-state index in [2.05, 4.69) is 138 Å². The second kappa shape index (κ2) is 12.9. The number of hydrogen-bond acceptors (Lipinski definition) is 5. The molecule has 0 amide bonds. The van der Waals surface area contributed by atoms with Gasteiger partial charge in [-0.2, -0.15) is 10.2 Å². The Kier molecular flexibility index (Phi) is 9.33. The van der Waals surface area contributed by atoms with Crippen molar-refractivity contribution in [3.8, 4) is 11.5 Å². The van der Waals surface area contributed by atoms with Crippen LogP contribution in [0, 0.1) is 0 Å². The first-order valence-electron chi connectivity index (χ1n) is 15.8. The van der Waals surface area contributed by atoms with Gasteiger partial charge in [-0.15, -0.1) is 0 Å². The first-order chi connectivity index (χ1) is 20.8. The fraction of sp³-hybridized carbons (Fsp3) is 0.421. The third kappa shape index (κ3) is 7.77. The summed E-state index contributed by atoms with van der Waals surface area (Å²) in [4.78, 5) is 0. The lowest BCUT2D eigenvalue weighted by Gasteiger charge is -2.35. The summed E-state index contributed by atoms with van der Waals surface area (Å²) < 4.78 is 18.6. The maximum Gasteiger partial charge on any atom is 0.192 e. The smallest absolute Gasteiger partial charge is 0.192 e. The molecule has 1 heterocycles. The zero-order valence-corrected chi connectivity index (χ0v) is 28.7. The topological polar surface area (TPSA) is 53.5 Å². The molecule has 4 aromatic rings. The van der Waals surface area contributed by atoms with Crippen LogP contribution < -0.4 is 9.47 Å². The van der Waals surface area contributed by atoms with Gasteiger partial charge in [0.15, 0.2) is 8.32 Å². The Morgan fingerprint density at radius 2 is 1.36 bits per heavy atom. The monoisotopic (exact) mass is 608 g/mol. The summed E-state index contributed by atoms with van der Waals surface area (Å²) in [5, 5.41) is 8.95. The molecule has 5 nitrogen and oxygen atoms in total. The molecule has 1 aliphatic carbocycles. The number of fused-ring (bicyclic) bond motifs is 1. The van der Waals surface area contributed by atoms with E-state index in [4.69, 9.17) is 13.9 Å². The van der Waals surface area contributed by atoms with E-state index in [0.717, 1.165) is 35.7 Å². The van der Waals surface area contributed by atoms with Crippen LogP contribution in [0.1, 0.15) is 93.4 Å². The Morgan fingerprint density at radius 1 is 0.727 bits per heavy atom. The third-order valence-corrected chi connectivity index (χ3v) is 13.5. The van der Waals surface area contributed by atoms with Gasteiger partial charge < -0.3 is 13.9 Å². The van der Waals surface area contributed by atoms with Crippen LogP contribution in [0.25, 0.3) is 0 Å². The van der Waals surface area contributed by atoms with Crippen molar-refractivity contribution in [1.29, 1.82) is 0 Å². The summed E-state index contributed by atoms with van der Waals surface area (Å²) in [5.41, 5.74) is 6.86. The van der Waals surface area contributed by atoms with Gasteiger partial charge in [0, 0.05) is 5.92 Å². The minimum Gasteiger partial charge on any atom is -0.488 e. The van der Waals surface area contributed by atoms with Gasteiger partial charge >= 0.3 is 0 Å². The van der Waals surface area contributed by atoms with E-state index < -0.39 is 8.32 Å². The number of aromatic nitrogens is 2. The highest BCUT2D eigenvalue weighted by molar-refractivity contribution is 6.74. The van der Waals surface area contributed by atoms with Gasteiger partial charge in [-0.05, 0) is 116 Å². The number of rotatable bonds is 9. The minimum atomic E-state index is -1.83. The SMILES string of the molecule is CC(C)(C)Oc1ccc2c(c1)CC[C@H](c1ccccc1)[C@@H]2c1ccc(OCc2ccc(CO[Si](C)(C)C(C)(C)C)nn2)cc1. The molecule has 44 heavy (non-hydrogen) atoms. The molecule has 0 saturated carbocycles. The second-order valence-electron chi connectivity index (χ2n) is 14.5. The first kappa shape index (κ1) is 31.9. The Labute approximate surface area is 265 Å². The Morgan fingerprint density at radius 3 is 1.98 bits per heavy atom. The zero-order chi connectivity index (χ0) is 31.5. The Bertz CT molecular complexity index is 1520. The number of nitrogens with zero attached hydrogens (tertiary/aromatic N) is 2. The van der Waals surface area contributed by atoms with E-state index in [0.29, 0.717) is 19.1 Å². The van der Waals surface area contributed by atoms with Gasteiger partial charge in [-0.3, -0.25) is 0 Å². The minimum absolute atomic E-state index is 0.164. The highest BCUT2D eigenvalue weighted by atomic mass is 28.4. The molecule has 0 N–H and O–H groups in total. The molecule has 3 aromatic carbocycles. The van der Waals surface area contributed by atoms with Crippen molar-refractivity contribution in [3.05, 3.63) is 119 Å². The number of ether oxygens (including phenoxy) is 2. The quantitative estimate of drug-likeness (QED) is 0.177. The fourth-order valence-corrected chi connectivity index (χ4v) is 6.57. The molecule has 6 heteroatoms. The van der Waals surface area contributed by atoms with E-state index >= 15 is 0 Å². The molecular weight excluding hydrogens is 561 g/mol. The first-order valence-corrected chi connectivity index (χ1v) is 18.7. The summed E-state index contributed by atoms with van der Waals surface area (Å²) in [6.07, 6.45) is 2.13. The predicted octanol–water partition coefficient (Wildman–Crippen LogP) is 9.62. The van der Waals surface area contributed by atoms with Crippen molar-refractivity contribution < 1.29 is 13.9 Å². The summed E-state index contributed by atoms with van der Waals surface area (Å²) in [7, 11) is -1.83. The van der Waals surface area contributed by atoms with Gasteiger partial charge in [0.05, 0.1) is 12.3 Å². The lowest BCUT2D eigenvalue weighted by Crippen LogP contribution is -2.40. The zero-order valence-electron chi connectivity index (χ0n) is 27.7. The molecule has 0 spiro atoms. The molecule has 0 bridgehead atoms. The Balaban J connectivity index is 1.29. The molecule has 0 unspecified atom stereocenters. The van der Waals surface area contributed by atoms with Gasteiger partial charge in [-0.25, -0.2) is 0 Å². The standard InChI is InChI=1S/C38H48N2O3Si/c1-37(2,3)43-33-21-23-35-29(24-33)16-22-34(27-12-10-9-11-13-27)36(35)28-14-19-32(20-15-28)41-25-30-17-18-31(40-39-30)26-42-44(7,8)38(4,5)6/h9-15,17-21,23-24,34,36H,16,22,25-26H2,1-8H3/t34-,36+/m1/s1. The van der Waals surface area contributed by atoms with Crippen LogP contribution in [0.3, 0.4) is 0 Å². The lowest BCUT2D eigenvalue weighted by molar-refractivity contribution is 0.130. The molecule has 0 aliphatic heterocycles. The lowest BCUT2D eigenvalue weighted by atomic mass is 9.69. The van der Waals surface area contributed by atoms with Gasteiger partial charge in [0.1, 0.15) is 29.4 Å². The molecule has 0 fully saturated rings. The van der Waals surface area contributed by atoms with Gasteiger partial charge in [-0.1, -0.05) is 69.3 Å². The normalized spacial score (nSPS) is 17.2. The number of benzene rings is 3. The van der Waals surface area contributed by atoms with Crippen LogP contribution in [0.5, 0.6) is 11.5 Å². The summed E-state index contributed by atoms with van der Waals surface area (Å²) >= 11 is 0. The highest BCUT2D eigenvalue weighted by Gasteiger charge is 2.37. The molecule has 1 aromatic heterocycles. The molecule has 232 valence electrons. The molecule has 5 rings (SSSR count). The predicted molar refractivity (Wildman–Crippen MR) is 181 cm³/mol. The van der Waals surface area contributed by atoms with Crippen molar-refractivity contribution in [2.45, 2.75) is 103 Å². The van der Waals surface area contributed by atoms with Crippen LogP contribution in [0.2, 0.25) is 18.1 Å². The summed E-state index contributed by atoms with van der Waals surface area (Å²) in [5.74, 6) is 2.42. The molecule has 0 radical (unpaired) electrons. The number of hydrogen-bond donors (Lipinski definition) is 0. The molecular formula is C38H48N2O3Si. The largest absolute Gasteiger partial charge is 0.488 e. The maximum atomic E-state index is 6.29. The van der Waals surface area contributed by atoms with E-state index in [1.807, 2.05) is 12.1 Å². The maximum absolute atomic E-state index is 6.29. The van der Waals surface area contributed by atoms with Crippen LogP contribution in [-0.4, -0.2) is 24.1 Å². The van der Waals surface area contributed by atoms with E-state index in [-0.39, 0.29) is 16.6 Å². The third-order valence-electron chi connectivity index (χ3n) is 9.02. The second-order valence-corrected chi connectivity index (χ2v) is 19.3. The van der Waals surface area contributed by atoms with Gasteiger partial charge in [0.2, 0.25) is 0 Å². The molecule has 0 saturated heterocycles. The van der Waals surface area contributed by atoms with Crippen LogP contribution in [-0.2, 0) is 24.1 Å². The summed E-state index contributed by atoms with van der Waals surface area (Å²) in [6.45, 7) is 18.4. The van der Waals surface area contributed by atoms with Crippen LogP contribution in [0.4, 0.5) is 0 Å². The Hall–Kier alpha value is -3.48. The fourth-order valence-electron chi connectivity index (χ4n) is 5.63. The van der Waals surface area contributed by atoms with E-state index in [1.165, 1.54) is 22.3 Å².